The van der Waals surface area contributed by atoms with Crippen molar-refractivity contribution in [3.8, 4) is 0 Å². The molecule has 0 saturated carbocycles. The SMILES string of the molecule is Cc1cc(C)cc(C(C)NC(C)CN(C)C)c1. The van der Waals surface area contributed by atoms with E-state index in [9.17, 15) is 0 Å². The molecule has 0 saturated heterocycles. The van der Waals surface area contributed by atoms with Crippen molar-refractivity contribution in [2.75, 3.05) is 20.6 Å². The summed E-state index contributed by atoms with van der Waals surface area (Å²) in [6.07, 6.45) is 0. The van der Waals surface area contributed by atoms with E-state index in [-0.39, 0.29) is 0 Å². The highest BCUT2D eigenvalue weighted by molar-refractivity contribution is 5.30. The molecule has 1 aromatic carbocycles. The molecule has 2 heteroatoms. The second-order valence-corrected chi connectivity index (χ2v) is 5.47. The van der Waals surface area contributed by atoms with Crippen molar-refractivity contribution in [3.05, 3.63) is 34.9 Å². The highest BCUT2D eigenvalue weighted by atomic mass is 15.1. The largest absolute Gasteiger partial charge is 0.308 e. The average Bonchev–Trinajstić information content (AvgIpc) is 2.14. The van der Waals surface area contributed by atoms with Crippen molar-refractivity contribution in [1.29, 1.82) is 0 Å². The van der Waals surface area contributed by atoms with Crippen LogP contribution in [0, 0.1) is 13.8 Å². The molecule has 0 aliphatic rings. The number of rotatable bonds is 5. The van der Waals surface area contributed by atoms with Gasteiger partial charge in [-0.1, -0.05) is 29.3 Å². The summed E-state index contributed by atoms with van der Waals surface area (Å²) in [7, 11) is 4.22. The van der Waals surface area contributed by atoms with E-state index in [2.05, 4.69) is 70.2 Å². The third-order valence-electron chi connectivity index (χ3n) is 2.92. The molecule has 0 heterocycles. The molecule has 0 aromatic heterocycles. The molecular weight excluding hydrogens is 208 g/mol. The molecule has 1 aromatic rings. The Labute approximate surface area is 106 Å². The zero-order valence-electron chi connectivity index (χ0n) is 12.0. The zero-order chi connectivity index (χ0) is 13.0. The first kappa shape index (κ1) is 14.2. The predicted octanol–water partition coefficient (Wildman–Crippen LogP) is 2.90. The van der Waals surface area contributed by atoms with Gasteiger partial charge < -0.3 is 10.2 Å². The molecule has 0 aliphatic carbocycles. The second kappa shape index (κ2) is 6.18. The normalized spacial score (nSPS) is 15.0. The van der Waals surface area contributed by atoms with Crippen LogP contribution in [0.25, 0.3) is 0 Å². The minimum Gasteiger partial charge on any atom is -0.308 e. The molecule has 0 radical (unpaired) electrons. The molecule has 0 amide bonds. The number of hydrogen-bond acceptors (Lipinski definition) is 2. The van der Waals surface area contributed by atoms with Crippen LogP contribution in [0.2, 0.25) is 0 Å². The fourth-order valence-corrected chi connectivity index (χ4v) is 2.38. The summed E-state index contributed by atoms with van der Waals surface area (Å²) in [6.45, 7) is 9.85. The molecule has 17 heavy (non-hydrogen) atoms. The van der Waals surface area contributed by atoms with Crippen LogP contribution >= 0.6 is 0 Å². The van der Waals surface area contributed by atoms with Gasteiger partial charge in [-0.2, -0.15) is 0 Å². The fourth-order valence-electron chi connectivity index (χ4n) is 2.38. The quantitative estimate of drug-likeness (QED) is 0.842. The Balaban J connectivity index is 2.66. The van der Waals surface area contributed by atoms with Crippen LogP contribution in [0.1, 0.15) is 36.6 Å². The zero-order valence-corrected chi connectivity index (χ0v) is 12.0. The molecule has 1 N–H and O–H groups in total. The summed E-state index contributed by atoms with van der Waals surface area (Å²) in [5.74, 6) is 0. The van der Waals surface area contributed by atoms with Crippen molar-refractivity contribution in [1.82, 2.24) is 10.2 Å². The van der Waals surface area contributed by atoms with Gasteiger partial charge in [0.2, 0.25) is 0 Å². The Bertz CT molecular complexity index is 338. The van der Waals surface area contributed by atoms with Gasteiger partial charge in [0.05, 0.1) is 0 Å². The number of nitrogens with zero attached hydrogens (tertiary/aromatic N) is 1. The lowest BCUT2D eigenvalue weighted by Gasteiger charge is -2.23. The van der Waals surface area contributed by atoms with Gasteiger partial charge in [0.15, 0.2) is 0 Å². The van der Waals surface area contributed by atoms with Gasteiger partial charge >= 0.3 is 0 Å². The van der Waals surface area contributed by atoms with Gasteiger partial charge in [-0.3, -0.25) is 0 Å². The molecule has 1 rings (SSSR count). The molecular formula is C15H26N2. The van der Waals surface area contributed by atoms with Crippen molar-refractivity contribution in [2.24, 2.45) is 0 Å². The van der Waals surface area contributed by atoms with E-state index in [1.807, 2.05) is 0 Å². The Morgan fingerprint density at radius 1 is 1.06 bits per heavy atom. The molecule has 0 aliphatic heterocycles. The van der Waals surface area contributed by atoms with Gasteiger partial charge in [-0.15, -0.1) is 0 Å². The maximum atomic E-state index is 3.64. The third kappa shape index (κ3) is 4.88. The summed E-state index contributed by atoms with van der Waals surface area (Å²) >= 11 is 0. The van der Waals surface area contributed by atoms with E-state index < -0.39 is 0 Å². The van der Waals surface area contributed by atoms with Crippen molar-refractivity contribution in [3.63, 3.8) is 0 Å². The Kier molecular flexibility index (Phi) is 5.16. The van der Waals surface area contributed by atoms with Crippen molar-refractivity contribution in [2.45, 2.75) is 39.8 Å². The Morgan fingerprint density at radius 2 is 1.59 bits per heavy atom. The van der Waals surface area contributed by atoms with Crippen LogP contribution < -0.4 is 5.32 Å². The summed E-state index contributed by atoms with van der Waals surface area (Å²) in [6, 6.07) is 7.67. The molecule has 2 nitrogen and oxygen atoms in total. The van der Waals surface area contributed by atoms with Gasteiger partial charge in [-0.25, -0.2) is 0 Å². The number of benzene rings is 1. The van der Waals surface area contributed by atoms with Crippen LogP contribution in [-0.4, -0.2) is 31.6 Å². The summed E-state index contributed by atoms with van der Waals surface area (Å²) in [5.41, 5.74) is 4.07. The number of aryl methyl sites for hydroxylation is 2. The Hall–Kier alpha value is -0.860. The van der Waals surface area contributed by atoms with Crippen LogP contribution in [0.3, 0.4) is 0 Å². The number of likely N-dealkylation sites (N-methyl/N-ethyl adjacent to an activating group) is 1. The van der Waals surface area contributed by atoms with Gasteiger partial charge in [0.25, 0.3) is 0 Å². The van der Waals surface area contributed by atoms with E-state index >= 15 is 0 Å². The summed E-state index contributed by atoms with van der Waals surface area (Å²) in [4.78, 5) is 2.21. The van der Waals surface area contributed by atoms with E-state index in [1.54, 1.807) is 0 Å². The van der Waals surface area contributed by atoms with E-state index in [0.717, 1.165) is 6.54 Å². The topological polar surface area (TPSA) is 15.3 Å². The monoisotopic (exact) mass is 234 g/mol. The van der Waals surface area contributed by atoms with Gasteiger partial charge in [-0.05, 0) is 47.4 Å². The third-order valence-corrected chi connectivity index (χ3v) is 2.92. The first-order valence-corrected chi connectivity index (χ1v) is 6.37. The number of nitrogens with one attached hydrogen (secondary N) is 1. The minimum absolute atomic E-state index is 0.406. The van der Waals surface area contributed by atoms with Crippen molar-refractivity contribution >= 4 is 0 Å². The van der Waals surface area contributed by atoms with Crippen LogP contribution in [-0.2, 0) is 0 Å². The lowest BCUT2D eigenvalue weighted by molar-refractivity contribution is 0.334. The average molecular weight is 234 g/mol. The highest BCUT2D eigenvalue weighted by Crippen LogP contribution is 2.17. The first-order chi connectivity index (χ1) is 7.88. The molecule has 96 valence electrons. The van der Waals surface area contributed by atoms with Crippen LogP contribution in [0.4, 0.5) is 0 Å². The van der Waals surface area contributed by atoms with E-state index in [1.165, 1.54) is 16.7 Å². The molecule has 2 unspecified atom stereocenters. The molecule has 0 spiro atoms. The minimum atomic E-state index is 0.406. The standard InChI is InChI=1S/C15H26N2/c1-11-7-12(2)9-15(8-11)14(4)16-13(3)10-17(5)6/h7-9,13-14,16H,10H2,1-6H3. The smallest absolute Gasteiger partial charge is 0.0294 e. The highest BCUT2D eigenvalue weighted by Gasteiger charge is 2.10. The predicted molar refractivity (Wildman–Crippen MR) is 75.5 cm³/mol. The Morgan fingerprint density at radius 3 is 2.06 bits per heavy atom. The molecule has 0 bridgehead atoms. The lowest BCUT2D eigenvalue weighted by atomic mass is 10.0. The maximum Gasteiger partial charge on any atom is 0.0294 e. The van der Waals surface area contributed by atoms with Gasteiger partial charge in [0, 0.05) is 18.6 Å². The molecule has 0 fully saturated rings. The fraction of sp³-hybridized carbons (Fsp3) is 0.600. The van der Waals surface area contributed by atoms with Crippen LogP contribution in [0.15, 0.2) is 18.2 Å². The van der Waals surface area contributed by atoms with E-state index in [4.69, 9.17) is 0 Å². The maximum absolute atomic E-state index is 3.64. The lowest BCUT2D eigenvalue weighted by Crippen LogP contribution is -2.37. The summed E-state index contributed by atoms with van der Waals surface area (Å²) < 4.78 is 0. The van der Waals surface area contributed by atoms with Gasteiger partial charge in [0.1, 0.15) is 0 Å². The first-order valence-electron chi connectivity index (χ1n) is 6.37. The number of hydrogen-bond donors (Lipinski definition) is 1. The second-order valence-electron chi connectivity index (χ2n) is 5.47. The van der Waals surface area contributed by atoms with E-state index in [0.29, 0.717) is 12.1 Å². The molecule has 2 atom stereocenters. The van der Waals surface area contributed by atoms with Crippen molar-refractivity contribution < 1.29 is 0 Å². The summed E-state index contributed by atoms with van der Waals surface area (Å²) in [5, 5.41) is 3.64. The van der Waals surface area contributed by atoms with Crippen LogP contribution in [0.5, 0.6) is 0 Å².